The lowest BCUT2D eigenvalue weighted by molar-refractivity contribution is -0.117. The molecule has 0 atom stereocenters. The zero-order valence-corrected chi connectivity index (χ0v) is 16.2. The lowest BCUT2D eigenvalue weighted by Gasteiger charge is -2.19. The molecule has 1 N–H and O–H groups in total. The molecule has 29 heavy (non-hydrogen) atoms. The highest BCUT2D eigenvalue weighted by Gasteiger charge is 2.24. The molecule has 1 aliphatic rings. The van der Waals surface area contributed by atoms with Crippen LogP contribution in [0.15, 0.2) is 53.9 Å². The van der Waals surface area contributed by atoms with Crippen LogP contribution in [0.3, 0.4) is 0 Å². The molecule has 1 fully saturated rings. The Kier molecular flexibility index (Phi) is 5.53. The molecule has 2 amide bonds. The van der Waals surface area contributed by atoms with Gasteiger partial charge in [-0.25, -0.2) is 9.37 Å². The first-order chi connectivity index (χ1) is 14.1. The summed E-state index contributed by atoms with van der Waals surface area (Å²) in [5.74, 6) is -0.104. The van der Waals surface area contributed by atoms with E-state index in [-0.39, 0.29) is 29.9 Å². The molecular weight excluding hydrogens is 393 g/mol. The van der Waals surface area contributed by atoms with Gasteiger partial charge in [-0.15, -0.1) is 11.3 Å². The number of ether oxygens (including phenoxy) is 1. The predicted octanol–water partition coefficient (Wildman–Crippen LogP) is 4.24. The molecule has 6 nitrogen and oxygen atoms in total. The molecule has 0 unspecified atom stereocenters. The van der Waals surface area contributed by atoms with E-state index in [1.165, 1.54) is 35.6 Å². The zero-order valence-electron chi connectivity index (χ0n) is 15.4. The Balaban J connectivity index is 1.42. The fourth-order valence-corrected chi connectivity index (χ4v) is 3.75. The Hall–Kier alpha value is -3.26. The standard InChI is InChI=1S/C21H18FN3O3S/c22-14-7-9-15(10-8-14)28-12-19-23-17(13-29-19)21(27)24-16-4-1-2-5-18(16)25-11-3-6-20(25)26/h1-2,4-5,7-10,13H,3,6,11-12H2,(H,24,27). The van der Waals surface area contributed by atoms with Gasteiger partial charge in [0.15, 0.2) is 0 Å². The minimum Gasteiger partial charge on any atom is -0.486 e. The van der Waals surface area contributed by atoms with Crippen LogP contribution in [0.4, 0.5) is 15.8 Å². The number of amides is 2. The summed E-state index contributed by atoms with van der Waals surface area (Å²) >= 11 is 1.31. The molecule has 0 radical (unpaired) electrons. The third kappa shape index (κ3) is 4.43. The Bertz CT molecular complexity index is 1040. The number of carbonyl (C=O) groups is 2. The average molecular weight is 411 g/mol. The largest absolute Gasteiger partial charge is 0.486 e. The van der Waals surface area contributed by atoms with Crippen LogP contribution in [0, 0.1) is 5.82 Å². The van der Waals surface area contributed by atoms with Crippen molar-refractivity contribution in [3.05, 3.63) is 70.4 Å². The van der Waals surface area contributed by atoms with Crippen molar-refractivity contribution in [1.82, 2.24) is 4.98 Å². The lowest BCUT2D eigenvalue weighted by atomic mass is 10.2. The van der Waals surface area contributed by atoms with Crippen molar-refractivity contribution in [2.45, 2.75) is 19.4 Å². The summed E-state index contributed by atoms with van der Waals surface area (Å²) in [6.45, 7) is 0.829. The van der Waals surface area contributed by atoms with E-state index in [2.05, 4.69) is 10.3 Å². The van der Waals surface area contributed by atoms with E-state index in [1.807, 2.05) is 18.2 Å². The van der Waals surface area contributed by atoms with E-state index in [4.69, 9.17) is 4.74 Å². The van der Waals surface area contributed by atoms with E-state index >= 15 is 0 Å². The van der Waals surface area contributed by atoms with Gasteiger partial charge in [-0.05, 0) is 42.8 Å². The van der Waals surface area contributed by atoms with Crippen molar-refractivity contribution in [1.29, 1.82) is 0 Å². The topological polar surface area (TPSA) is 71.5 Å². The number of nitrogens with zero attached hydrogens (tertiary/aromatic N) is 2. The van der Waals surface area contributed by atoms with Gasteiger partial charge in [0.25, 0.3) is 5.91 Å². The maximum atomic E-state index is 12.9. The molecule has 0 spiro atoms. The van der Waals surface area contributed by atoms with Gasteiger partial charge in [-0.1, -0.05) is 12.1 Å². The van der Waals surface area contributed by atoms with Gasteiger partial charge in [-0.2, -0.15) is 0 Å². The quantitative estimate of drug-likeness (QED) is 0.659. The molecule has 8 heteroatoms. The van der Waals surface area contributed by atoms with E-state index in [0.29, 0.717) is 35.1 Å². The first-order valence-electron chi connectivity index (χ1n) is 9.14. The maximum absolute atomic E-state index is 12.9. The summed E-state index contributed by atoms with van der Waals surface area (Å²) in [5, 5.41) is 5.13. The number of benzene rings is 2. The van der Waals surface area contributed by atoms with Crippen molar-refractivity contribution in [2.75, 3.05) is 16.8 Å². The molecule has 0 saturated carbocycles. The number of rotatable bonds is 6. The van der Waals surface area contributed by atoms with E-state index < -0.39 is 0 Å². The minimum absolute atomic E-state index is 0.0561. The van der Waals surface area contributed by atoms with Crippen LogP contribution >= 0.6 is 11.3 Å². The van der Waals surface area contributed by atoms with Crippen LogP contribution in [0.25, 0.3) is 0 Å². The lowest BCUT2D eigenvalue weighted by Crippen LogP contribution is -2.25. The third-order valence-electron chi connectivity index (χ3n) is 4.48. The second-order valence-corrected chi connectivity index (χ2v) is 7.43. The Morgan fingerprint density at radius 3 is 2.76 bits per heavy atom. The summed E-state index contributed by atoms with van der Waals surface area (Å²) < 4.78 is 18.5. The van der Waals surface area contributed by atoms with E-state index in [9.17, 15) is 14.0 Å². The van der Waals surface area contributed by atoms with Crippen LogP contribution < -0.4 is 15.0 Å². The zero-order chi connectivity index (χ0) is 20.2. The number of hydrogen-bond acceptors (Lipinski definition) is 5. The number of hydrogen-bond donors (Lipinski definition) is 1. The number of halogens is 1. The summed E-state index contributed by atoms with van der Waals surface area (Å²) in [4.78, 5) is 30.7. The summed E-state index contributed by atoms with van der Waals surface area (Å²) in [6.07, 6.45) is 1.33. The number of nitrogens with one attached hydrogen (secondary N) is 1. The molecular formula is C21H18FN3O3S. The van der Waals surface area contributed by atoms with Gasteiger partial charge >= 0.3 is 0 Å². The molecule has 1 aromatic heterocycles. The average Bonchev–Trinajstić information content (AvgIpc) is 3.37. The normalized spacial score (nSPS) is 13.6. The highest BCUT2D eigenvalue weighted by molar-refractivity contribution is 7.09. The second-order valence-electron chi connectivity index (χ2n) is 6.49. The number of carbonyl (C=O) groups excluding carboxylic acids is 2. The highest BCUT2D eigenvalue weighted by Crippen LogP contribution is 2.29. The molecule has 148 valence electrons. The molecule has 0 aliphatic carbocycles. The van der Waals surface area contributed by atoms with Crippen LogP contribution in [0.1, 0.15) is 28.3 Å². The van der Waals surface area contributed by atoms with Gasteiger partial charge in [0.2, 0.25) is 5.91 Å². The third-order valence-corrected chi connectivity index (χ3v) is 5.30. The minimum atomic E-state index is -0.353. The van der Waals surface area contributed by atoms with Gasteiger partial charge in [-0.3, -0.25) is 9.59 Å². The fourth-order valence-electron chi connectivity index (χ4n) is 3.06. The fraction of sp³-hybridized carbons (Fsp3) is 0.190. The molecule has 0 bridgehead atoms. The van der Waals surface area contributed by atoms with Crippen molar-refractivity contribution >= 4 is 34.5 Å². The van der Waals surface area contributed by atoms with Crippen LogP contribution in [0.2, 0.25) is 0 Å². The molecule has 2 heterocycles. The van der Waals surface area contributed by atoms with Gasteiger partial charge in [0.05, 0.1) is 11.4 Å². The maximum Gasteiger partial charge on any atom is 0.275 e. The van der Waals surface area contributed by atoms with Gasteiger partial charge in [0.1, 0.15) is 28.9 Å². The second kappa shape index (κ2) is 8.40. The summed E-state index contributed by atoms with van der Waals surface area (Å²) in [5.41, 5.74) is 1.54. The number of thiazole rings is 1. The number of anilines is 2. The van der Waals surface area contributed by atoms with Crippen LogP contribution in [0.5, 0.6) is 5.75 Å². The first kappa shape index (κ1) is 19.1. The van der Waals surface area contributed by atoms with Crippen molar-refractivity contribution < 1.29 is 18.7 Å². The SMILES string of the molecule is O=C(Nc1ccccc1N1CCCC1=O)c1csc(COc2ccc(F)cc2)n1. The molecule has 4 rings (SSSR count). The molecule has 1 saturated heterocycles. The van der Waals surface area contributed by atoms with E-state index in [0.717, 1.165) is 6.42 Å². The highest BCUT2D eigenvalue weighted by atomic mass is 32.1. The predicted molar refractivity (Wildman–Crippen MR) is 109 cm³/mol. The smallest absolute Gasteiger partial charge is 0.275 e. The van der Waals surface area contributed by atoms with Gasteiger partial charge in [0, 0.05) is 18.3 Å². The van der Waals surface area contributed by atoms with Crippen LogP contribution in [-0.4, -0.2) is 23.3 Å². The Morgan fingerprint density at radius 2 is 2.00 bits per heavy atom. The van der Waals surface area contributed by atoms with Crippen molar-refractivity contribution in [3.8, 4) is 5.75 Å². The van der Waals surface area contributed by atoms with Crippen molar-refractivity contribution in [3.63, 3.8) is 0 Å². The molecule has 2 aromatic carbocycles. The number of aromatic nitrogens is 1. The summed E-state index contributed by atoms with van der Waals surface area (Å²) in [7, 11) is 0. The Labute approximate surface area is 171 Å². The Morgan fingerprint density at radius 1 is 1.21 bits per heavy atom. The van der Waals surface area contributed by atoms with Crippen molar-refractivity contribution in [2.24, 2.45) is 0 Å². The summed E-state index contributed by atoms with van der Waals surface area (Å²) in [6, 6.07) is 12.9. The van der Waals surface area contributed by atoms with Gasteiger partial charge < -0.3 is 15.0 Å². The molecule has 3 aromatic rings. The van der Waals surface area contributed by atoms with E-state index in [1.54, 1.807) is 16.3 Å². The first-order valence-corrected chi connectivity index (χ1v) is 10.0. The monoisotopic (exact) mass is 411 g/mol. The van der Waals surface area contributed by atoms with Crippen LogP contribution in [-0.2, 0) is 11.4 Å². The molecule has 1 aliphatic heterocycles. The number of para-hydroxylation sites is 2.